The van der Waals surface area contributed by atoms with Crippen LogP contribution in [0, 0.1) is 0 Å². The highest BCUT2D eigenvalue weighted by Crippen LogP contribution is 2.10. The van der Waals surface area contributed by atoms with E-state index in [-0.39, 0.29) is 5.91 Å². The highest BCUT2D eigenvalue weighted by molar-refractivity contribution is 5.76. The highest BCUT2D eigenvalue weighted by atomic mass is 16.2. The predicted octanol–water partition coefficient (Wildman–Crippen LogP) is 2.39. The summed E-state index contributed by atoms with van der Waals surface area (Å²) in [5, 5.41) is 3.49. The Bertz CT molecular complexity index is 415. The normalized spacial score (nSPS) is 17.9. The molecule has 1 aromatic rings. The van der Waals surface area contributed by atoms with Gasteiger partial charge in [0, 0.05) is 37.4 Å². The summed E-state index contributed by atoms with van der Waals surface area (Å²) in [4.78, 5) is 18.8. The molecule has 1 fully saturated rings. The number of hydrogen-bond acceptors (Lipinski definition) is 3. The Balaban J connectivity index is 1.83. The number of amides is 1. The van der Waals surface area contributed by atoms with Crippen LogP contribution in [0.1, 0.15) is 44.7 Å². The average molecular weight is 289 g/mol. The molecule has 0 bridgehead atoms. The van der Waals surface area contributed by atoms with Crippen molar-refractivity contribution in [1.82, 2.24) is 15.2 Å². The van der Waals surface area contributed by atoms with E-state index < -0.39 is 0 Å². The van der Waals surface area contributed by atoms with Crippen LogP contribution in [0.15, 0.2) is 24.4 Å². The first-order valence-corrected chi connectivity index (χ1v) is 8.20. The van der Waals surface area contributed by atoms with Crippen LogP contribution < -0.4 is 5.32 Å². The zero-order chi connectivity index (χ0) is 14.9. The summed E-state index contributed by atoms with van der Waals surface area (Å²) < 4.78 is 0. The minimum absolute atomic E-state index is 0.266. The molecule has 1 atom stereocenters. The summed E-state index contributed by atoms with van der Waals surface area (Å²) >= 11 is 0. The molecule has 4 heteroatoms. The van der Waals surface area contributed by atoms with Gasteiger partial charge in [-0.15, -0.1) is 0 Å². The molecule has 1 aliphatic heterocycles. The maximum absolute atomic E-state index is 12.5. The number of pyridine rings is 1. The molecule has 0 radical (unpaired) electrons. The number of unbranched alkanes of at least 4 members (excludes halogenated alkanes) is 1. The van der Waals surface area contributed by atoms with Gasteiger partial charge in [0.05, 0.1) is 0 Å². The molecular formula is C17H27N3O. The van der Waals surface area contributed by atoms with Gasteiger partial charge in [0.1, 0.15) is 0 Å². The number of aryl methyl sites for hydroxylation is 1. The molecule has 1 unspecified atom stereocenters. The van der Waals surface area contributed by atoms with Crippen LogP contribution in [-0.4, -0.2) is 41.5 Å². The van der Waals surface area contributed by atoms with E-state index in [0.29, 0.717) is 12.5 Å². The zero-order valence-electron chi connectivity index (χ0n) is 13.1. The van der Waals surface area contributed by atoms with E-state index in [1.807, 2.05) is 18.2 Å². The highest BCUT2D eigenvalue weighted by Gasteiger charge is 2.20. The van der Waals surface area contributed by atoms with Gasteiger partial charge < -0.3 is 10.2 Å². The summed E-state index contributed by atoms with van der Waals surface area (Å²) in [7, 11) is 0. The number of nitrogens with zero attached hydrogens (tertiary/aromatic N) is 2. The van der Waals surface area contributed by atoms with Crippen molar-refractivity contribution >= 4 is 5.91 Å². The minimum atomic E-state index is 0.266. The number of nitrogens with one attached hydrogen (secondary N) is 1. The summed E-state index contributed by atoms with van der Waals surface area (Å²) in [6.07, 6.45) is 7.72. The molecular weight excluding hydrogens is 262 g/mol. The van der Waals surface area contributed by atoms with Gasteiger partial charge >= 0.3 is 0 Å². The summed E-state index contributed by atoms with van der Waals surface area (Å²) in [6.45, 7) is 5.01. The fraction of sp³-hybridized carbons (Fsp3) is 0.647. The number of aromatic nitrogens is 1. The summed E-state index contributed by atoms with van der Waals surface area (Å²) in [6, 6.07) is 6.36. The van der Waals surface area contributed by atoms with Gasteiger partial charge in [-0.3, -0.25) is 9.78 Å². The molecule has 1 aromatic heterocycles. The fourth-order valence-corrected chi connectivity index (χ4v) is 2.78. The Hall–Kier alpha value is -1.42. The Labute approximate surface area is 127 Å². The first-order chi connectivity index (χ1) is 10.3. The summed E-state index contributed by atoms with van der Waals surface area (Å²) in [5.41, 5.74) is 1.00. The molecule has 0 aliphatic carbocycles. The van der Waals surface area contributed by atoms with Crippen molar-refractivity contribution < 1.29 is 4.79 Å². The van der Waals surface area contributed by atoms with Crippen LogP contribution in [0.5, 0.6) is 0 Å². The first-order valence-electron chi connectivity index (χ1n) is 8.20. The molecule has 2 heterocycles. The van der Waals surface area contributed by atoms with Gasteiger partial charge in [0.2, 0.25) is 5.91 Å². The predicted molar refractivity (Wildman–Crippen MR) is 85.1 cm³/mol. The lowest BCUT2D eigenvalue weighted by Gasteiger charge is -2.26. The summed E-state index contributed by atoms with van der Waals surface area (Å²) in [5.74, 6) is 0.266. The molecule has 116 valence electrons. The van der Waals surface area contributed by atoms with E-state index in [1.165, 1.54) is 12.8 Å². The van der Waals surface area contributed by atoms with Crippen molar-refractivity contribution in [2.45, 2.75) is 51.5 Å². The maximum atomic E-state index is 12.5. The Morgan fingerprint density at radius 1 is 1.48 bits per heavy atom. The van der Waals surface area contributed by atoms with Gasteiger partial charge in [-0.1, -0.05) is 19.4 Å². The Morgan fingerprint density at radius 3 is 3.05 bits per heavy atom. The minimum Gasteiger partial charge on any atom is -0.341 e. The van der Waals surface area contributed by atoms with Crippen molar-refractivity contribution in [3.63, 3.8) is 0 Å². The lowest BCUT2D eigenvalue weighted by atomic mass is 10.1. The molecule has 21 heavy (non-hydrogen) atoms. The number of hydrogen-bond donors (Lipinski definition) is 1. The molecule has 4 nitrogen and oxygen atoms in total. The Morgan fingerprint density at radius 2 is 2.38 bits per heavy atom. The van der Waals surface area contributed by atoms with Crippen molar-refractivity contribution in [3.05, 3.63) is 30.1 Å². The largest absolute Gasteiger partial charge is 0.341 e. The quantitative estimate of drug-likeness (QED) is 0.799. The van der Waals surface area contributed by atoms with E-state index in [4.69, 9.17) is 0 Å². The lowest BCUT2D eigenvalue weighted by Crippen LogP contribution is -2.41. The van der Waals surface area contributed by atoms with Gasteiger partial charge in [0.15, 0.2) is 0 Å². The topological polar surface area (TPSA) is 45.2 Å². The number of carbonyl (C=O) groups excluding carboxylic acids is 1. The van der Waals surface area contributed by atoms with Crippen molar-refractivity contribution in [1.29, 1.82) is 0 Å². The lowest BCUT2D eigenvalue weighted by molar-refractivity contribution is -0.131. The van der Waals surface area contributed by atoms with E-state index in [9.17, 15) is 4.79 Å². The smallest absolute Gasteiger partial charge is 0.223 e. The van der Waals surface area contributed by atoms with E-state index in [2.05, 4.69) is 22.1 Å². The van der Waals surface area contributed by atoms with E-state index >= 15 is 0 Å². The Kier molecular flexibility index (Phi) is 6.67. The average Bonchev–Trinajstić information content (AvgIpc) is 3.03. The molecule has 0 aromatic carbocycles. The van der Waals surface area contributed by atoms with Crippen LogP contribution in [0.2, 0.25) is 0 Å². The zero-order valence-corrected chi connectivity index (χ0v) is 13.1. The third-order valence-corrected chi connectivity index (χ3v) is 4.06. The molecule has 0 saturated carbocycles. The van der Waals surface area contributed by atoms with Crippen LogP contribution in [-0.2, 0) is 11.2 Å². The molecule has 1 N–H and O–H groups in total. The van der Waals surface area contributed by atoms with Crippen molar-refractivity contribution in [2.75, 3.05) is 19.6 Å². The van der Waals surface area contributed by atoms with Crippen LogP contribution >= 0.6 is 0 Å². The third-order valence-electron chi connectivity index (χ3n) is 4.06. The monoisotopic (exact) mass is 289 g/mol. The van der Waals surface area contributed by atoms with Gasteiger partial charge in [-0.05, 0) is 44.4 Å². The molecule has 1 aliphatic rings. The van der Waals surface area contributed by atoms with Crippen molar-refractivity contribution in [3.8, 4) is 0 Å². The van der Waals surface area contributed by atoms with Crippen LogP contribution in [0.25, 0.3) is 0 Å². The standard InChI is InChI=1S/C17H27N3O/c1-2-3-13-20(14-16-8-6-12-19-16)17(21)10-9-15-7-4-5-11-18-15/h4-5,7,11,16,19H,2-3,6,8-10,12-14H2,1H3. The first kappa shape index (κ1) is 16.0. The van der Waals surface area contributed by atoms with Gasteiger partial charge in [-0.2, -0.15) is 0 Å². The van der Waals surface area contributed by atoms with Crippen LogP contribution in [0.3, 0.4) is 0 Å². The number of carbonyl (C=O) groups is 1. The second kappa shape index (κ2) is 8.78. The molecule has 1 saturated heterocycles. The number of rotatable bonds is 8. The van der Waals surface area contributed by atoms with Crippen molar-refractivity contribution in [2.24, 2.45) is 0 Å². The fourth-order valence-electron chi connectivity index (χ4n) is 2.78. The van der Waals surface area contributed by atoms with Gasteiger partial charge in [-0.25, -0.2) is 0 Å². The second-order valence-electron chi connectivity index (χ2n) is 5.81. The molecule has 1 amide bonds. The molecule has 0 spiro atoms. The van der Waals surface area contributed by atoms with Crippen LogP contribution in [0.4, 0.5) is 0 Å². The maximum Gasteiger partial charge on any atom is 0.223 e. The van der Waals surface area contributed by atoms with E-state index in [0.717, 1.165) is 44.6 Å². The van der Waals surface area contributed by atoms with Gasteiger partial charge in [0.25, 0.3) is 0 Å². The van der Waals surface area contributed by atoms with E-state index in [1.54, 1.807) is 6.20 Å². The second-order valence-corrected chi connectivity index (χ2v) is 5.81. The molecule has 2 rings (SSSR count). The third kappa shape index (κ3) is 5.46. The SMILES string of the molecule is CCCCN(CC1CCCN1)C(=O)CCc1ccccn1.